The van der Waals surface area contributed by atoms with E-state index in [0.717, 1.165) is 30.6 Å². The summed E-state index contributed by atoms with van der Waals surface area (Å²) >= 11 is 0. The minimum atomic E-state index is 0. The lowest BCUT2D eigenvalue weighted by atomic mass is 9.93. The van der Waals surface area contributed by atoms with E-state index in [1.807, 2.05) is 30.3 Å². The van der Waals surface area contributed by atoms with Gasteiger partial charge in [0.05, 0.1) is 7.11 Å². The van der Waals surface area contributed by atoms with Crippen molar-refractivity contribution in [3.05, 3.63) is 53.9 Å². The molecule has 0 aliphatic carbocycles. The number of amides is 1. The van der Waals surface area contributed by atoms with E-state index in [1.165, 1.54) is 12.8 Å². The molecule has 1 aliphatic heterocycles. The third kappa shape index (κ3) is 8.38. The van der Waals surface area contributed by atoms with Gasteiger partial charge in [-0.2, -0.15) is 0 Å². The summed E-state index contributed by atoms with van der Waals surface area (Å²) in [4.78, 5) is 16.2. The van der Waals surface area contributed by atoms with E-state index in [4.69, 9.17) is 9.47 Å². The molecule has 0 radical (unpaired) electrons. The maximum atomic E-state index is 12.2. The maximum Gasteiger partial charge on any atom is 0.220 e. The van der Waals surface area contributed by atoms with Gasteiger partial charge < -0.3 is 20.1 Å². The Labute approximate surface area is 191 Å². The molecule has 0 bridgehead atoms. The van der Waals surface area contributed by atoms with Crippen molar-refractivity contribution >= 4 is 30.7 Å². The Morgan fingerprint density at radius 3 is 2.67 bits per heavy atom. The summed E-state index contributed by atoms with van der Waals surface area (Å²) in [5, 5.41) is 6.36. The van der Waals surface area contributed by atoms with Gasteiger partial charge >= 0.3 is 0 Å². The van der Waals surface area contributed by atoms with Gasteiger partial charge in [-0.05, 0) is 62.0 Å². The molecule has 1 saturated heterocycles. The molecule has 1 aliphatic rings. The summed E-state index contributed by atoms with van der Waals surface area (Å²) in [6.45, 7) is 3.06. The van der Waals surface area contributed by atoms with Gasteiger partial charge in [-0.1, -0.05) is 12.1 Å². The summed E-state index contributed by atoms with van der Waals surface area (Å²) < 4.78 is 11.3. The van der Waals surface area contributed by atoms with Crippen molar-refractivity contribution in [1.82, 2.24) is 15.6 Å². The minimum Gasteiger partial charge on any atom is -0.493 e. The molecule has 2 aromatic rings. The highest BCUT2D eigenvalue weighted by atomic mass is 35.5. The van der Waals surface area contributed by atoms with Crippen LogP contribution in [0.1, 0.15) is 36.8 Å². The molecule has 30 heavy (non-hydrogen) atoms. The van der Waals surface area contributed by atoms with Crippen LogP contribution in [-0.4, -0.2) is 31.1 Å². The molecule has 0 saturated carbocycles. The number of rotatable bonds is 9. The van der Waals surface area contributed by atoms with Crippen LogP contribution >= 0.6 is 24.8 Å². The van der Waals surface area contributed by atoms with Crippen LogP contribution in [0.25, 0.3) is 0 Å². The number of carbonyl (C=O) groups excluding carboxylic acids is 1. The number of hydrogen-bond acceptors (Lipinski definition) is 5. The number of ether oxygens (including phenoxy) is 2. The summed E-state index contributed by atoms with van der Waals surface area (Å²) in [5.41, 5.74) is 1.98. The second-order valence-corrected chi connectivity index (χ2v) is 7.14. The van der Waals surface area contributed by atoms with Gasteiger partial charge in [0, 0.05) is 30.9 Å². The molecule has 2 N–H and O–H groups in total. The zero-order valence-corrected chi connectivity index (χ0v) is 18.9. The fourth-order valence-electron chi connectivity index (χ4n) is 3.38. The Balaban J connectivity index is 0.00000225. The Bertz CT molecular complexity index is 757. The number of methoxy groups -OCH3 is 1. The number of nitrogens with one attached hydrogen (secondary N) is 2. The molecule has 1 aromatic carbocycles. The fraction of sp³-hybridized carbons (Fsp3) is 0.455. The maximum absolute atomic E-state index is 12.2. The van der Waals surface area contributed by atoms with E-state index in [1.54, 1.807) is 19.5 Å². The quantitative estimate of drug-likeness (QED) is 0.599. The van der Waals surface area contributed by atoms with Crippen molar-refractivity contribution in [2.75, 3.05) is 20.2 Å². The number of piperidine rings is 1. The van der Waals surface area contributed by atoms with Gasteiger partial charge in [0.15, 0.2) is 11.5 Å². The van der Waals surface area contributed by atoms with Crippen molar-refractivity contribution < 1.29 is 14.3 Å². The summed E-state index contributed by atoms with van der Waals surface area (Å²) in [7, 11) is 1.62. The van der Waals surface area contributed by atoms with E-state index < -0.39 is 0 Å². The highest BCUT2D eigenvalue weighted by molar-refractivity contribution is 5.85. The van der Waals surface area contributed by atoms with Gasteiger partial charge in [0.2, 0.25) is 5.91 Å². The molecular weight excluding hydrogens is 425 g/mol. The minimum absolute atomic E-state index is 0. The standard InChI is InChI=1S/C22H29N3O3.2ClH/c1-27-21-13-18(4-6-20(21)28-16-19-3-2-10-24-14-19)15-25-22(26)7-5-17-8-11-23-12-9-17;;/h2-4,6,10,13-14,17,23H,5,7-9,11-12,15-16H2,1H3,(H,25,26);2*1H. The number of pyridine rings is 1. The average molecular weight is 456 g/mol. The molecule has 0 spiro atoms. The molecule has 0 atom stereocenters. The predicted molar refractivity (Wildman–Crippen MR) is 123 cm³/mol. The second-order valence-electron chi connectivity index (χ2n) is 7.14. The molecule has 166 valence electrons. The molecule has 3 rings (SSSR count). The van der Waals surface area contributed by atoms with Crippen molar-refractivity contribution in [2.45, 2.75) is 38.8 Å². The van der Waals surface area contributed by atoms with Gasteiger partial charge in [0.1, 0.15) is 6.61 Å². The molecule has 1 amide bonds. The molecule has 6 nitrogen and oxygen atoms in total. The first kappa shape index (κ1) is 26.0. The van der Waals surface area contributed by atoms with Crippen LogP contribution in [0.15, 0.2) is 42.7 Å². The van der Waals surface area contributed by atoms with Crippen LogP contribution in [0.5, 0.6) is 11.5 Å². The first-order chi connectivity index (χ1) is 13.7. The zero-order valence-electron chi connectivity index (χ0n) is 17.3. The number of benzene rings is 1. The molecule has 0 unspecified atom stereocenters. The first-order valence-electron chi connectivity index (χ1n) is 9.90. The van der Waals surface area contributed by atoms with E-state index in [-0.39, 0.29) is 30.7 Å². The SMILES string of the molecule is COc1cc(CNC(=O)CCC2CCNCC2)ccc1OCc1cccnc1.Cl.Cl. The number of halogens is 2. The Morgan fingerprint density at radius 2 is 1.97 bits per heavy atom. The van der Waals surface area contributed by atoms with E-state index >= 15 is 0 Å². The van der Waals surface area contributed by atoms with Crippen molar-refractivity contribution in [1.29, 1.82) is 0 Å². The lowest BCUT2D eigenvalue weighted by Gasteiger charge is -2.22. The number of aromatic nitrogens is 1. The van der Waals surface area contributed by atoms with Crippen LogP contribution in [0.2, 0.25) is 0 Å². The number of hydrogen-bond donors (Lipinski definition) is 2. The Hall–Kier alpha value is -2.02. The van der Waals surface area contributed by atoms with E-state index in [0.29, 0.717) is 37.0 Å². The van der Waals surface area contributed by atoms with Crippen molar-refractivity contribution in [3.8, 4) is 11.5 Å². The van der Waals surface area contributed by atoms with Crippen LogP contribution in [0, 0.1) is 5.92 Å². The Morgan fingerprint density at radius 1 is 1.17 bits per heavy atom. The fourth-order valence-corrected chi connectivity index (χ4v) is 3.38. The van der Waals surface area contributed by atoms with Crippen LogP contribution in [0.3, 0.4) is 0 Å². The van der Waals surface area contributed by atoms with Crippen LogP contribution in [-0.2, 0) is 17.9 Å². The lowest BCUT2D eigenvalue weighted by Crippen LogP contribution is -2.29. The summed E-state index contributed by atoms with van der Waals surface area (Å²) in [5.74, 6) is 2.11. The Kier molecular flexibility index (Phi) is 12.2. The normalized spacial score (nSPS) is 13.5. The number of nitrogens with zero attached hydrogens (tertiary/aromatic N) is 1. The van der Waals surface area contributed by atoms with Gasteiger partial charge in [-0.3, -0.25) is 9.78 Å². The first-order valence-corrected chi connectivity index (χ1v) is 9.90. The molecule has 2 heterocycles. The smallest absolute Gasteiger partial charge is 0.220 e. The third-order valence-electron chi connectivity index (χ3n) is 5.07. The number of carbonyl (C=O) groups is 1. The molecule has 1 fully saturated rings. The third-order valence-corrected chi connectivity index (χ3v) is 5.07. The summed E-state index contributed by atoms with van der Waals surface area (Å²) in [6.07, 6.45) is 7.42. The zero-order chi connectivity index (χ0) is 19.6. The largest absolute Gasteiger partial charge is 0.493 e. The highest BCUT2D eigenvalue weighted by Gasteiger charge is 2.14. The predicted octanol–water partition coefficient (Wildman–Crippen LogP) is 3.91. The van der Waals surface area contributed by atoms with Crippen molar-refractivity contribution in [2.24, 2.45) is 5.92 Å². The van der Waals surface area contributed by atoms with Crippen LogP contribution < -0.4 is 20.1 Å². The lowest BCUT2D eigenvalue weighted by molar-refractivity contribution is -0.121. The second kappa shape index (κ2) is 14.1. The van der Waals surface area contributed by atoms with E-state index in [9.17, 15) is 4.79 Å². The summed E-state index contributed by atoms with van der Waals surface area (Å²) in [6, 6.07) is 9.59. The van der Waals surface area contributed by atoms with Gasteiger partial charge in [-0.15, -0.1) is 24.8 Å². The molecular formula is C22H31Cl2N3O3. The monoisotopic (exact) mass is 455 g/mol. The van der Waals surface area contributed by atoms with E-state index in [2.05, 4.69) is 15.6 Å². The molecule has 8 heteroatoms. The van der Waals surface area contributed by atoms with Gasteiger partial charge in [-0.25, -0.2) is 0 Å². The molecule has 1 aromatic heterocycles. The average Bonchev–Trinajstić information content (AvgIpc) is 2.76. The topological polar surface area (TPSA) is 72.5 Å². The van der Waals surface area contributed by atoms with Crippen LogP contribution in [0.4, 0.5) is 0 Å². The highest BCUT2D eigenvalue weighted by Crippen LogP contribution is 2.29. The van der Waals surface area contributed by atoms with Crippen molar-refractivity contribution in [3.63, 3.8) is 0 Å². The van der Waals surface area contributed by atoms with Gasteiger partial charge in [0.25, 0.3) is 0 Å².